The van der Waals surface area contributed by atoms with Crippen molar-refractivity contribution in [1.29, 1.82) is 0 Å². The van der Waals surface area contributed by atoms with Crippen LogP contribution in [0.5, 0.6) is 0 Å². The van der Waals surface area contributed by atoms with E-state index in [2.05, 4.69) is 10.3 Å². The molecule has 1 aliphatic rings. The molecule has 194 valence electrons. The van der Waals surface area contributed by atoms with Crippen LogP contribution < -0.4 is 11.1 Å². The summed E-state index contributed by atoms with van der Waals surface area (Å²) in [6, 6.07) is 23.3. The molecule has 2 amide bonds. The van der Waals surface area contributed by atoms with Crippen LogP contribution in [-0.2, 0) is 14.3 Å². The fraction of sp³-hybridized carbons (Fsp3) is 0.179. The van der Waals surface area contributed by atoms with Crippen LogP contribution in [0.3, 0.4) is 0 Å². The molecule has 3 aromatic rings. The molecule has 0 fully saturated rings. The van der Waals surface area contributed by atoms with Gasteiger partial charge in [0.1, 0.15) is 6.42 Å². The Bertz CT molecular complexity index is 1370. The first-order chi connectivity index (χ1) is 18.3. The Kier molecular flexibility index (Phi) is 8.50. The van der Waals surface area contributed by atoms with Crippen molar-refractivity contribution in [3.05, 3.63) is 101 Å². The standard InChI is InChI=1S/C28H26ClN5O4/c1-2-38-25(36)16-24(35)31-22-14-10-19(11-15-22)26-23(18-6-4-3-5-7-18)17-34(33-26)28(30)32-27(37)20-8-12-21(29)13-9-20/h3-15,23H,2,16-17H2,1H3,(H,31,35)(H2,30,32,37). The first kappa shape index (κ1) is 26.6. The van der Waals surface area contributed by atoms with E-state index >= 15 is 0 Å². The van der Waals surface area contributed by atoms with Crippen LogP contribution in [0.2, 0.25) is 5.02 Å². The first-order valence-corrected chi connectivity index (χ1v) is 12.3. The van der Waals surface area contributed by atoms with Crippen LogP contribution >= 0.6 is 11.6 Å². The third kappa shape index (κ3) is 6.63. The maximum Gasteiger partial charge on any atom is 0.315 e. The van der Waals surface area contributed by atoms with Crippen LogP contribution in [0, 0.1) is 0 Å². The highest BCUT2D eigenvalue weighted by Crippen LogP contribution is 2.29. The van der Waals surface area contributed by atoms with Gasteiger partial charge in [0.05, 0.1) is 18.9 Å². The second-order valence-corrected chi connectivity index (χ2v) is 8.86. The number of nitrogens with one attached hydrogen (secondary N) is 1. The van der Waals surface area contributed by atoms with Gasteiger partial charge in [0.25, 0.3) is 5.91 Å². The summed E-state index contributed by atoms with van der Waals surface area (Å²) in [5, 5.41) is 9.41. The monoisotopic (exact) mass is 531 g/mol. The summed E-state index contributed by atoms with van der Waals surface area (Å²) >= 11 is 5.90. The molecule has 1 aliphatic heterocycles. The molecule has 4 rings (SSSR count). The van der Waals surface area contributed by atoms with Gasteiger partial charge >= 0.3 is 5.97 Å². The van der Waals surface area contributed by atoms with Gasteiger partial charge in [0.2, 0.25) is 11.9 Å². The lowest BCUT2D eigenvalue weighted by Gasteiger charge is -2.15. The van der Waals surface area contributed by atoms with Gasteiger partial charge in [-0.2, -0.15) is 10.1 Å². The molecule has 0 spiro atoms. The maximum atomic E-state index is 12.6. The number of aliphatic imine (C=N–C) groups is 1. The number of nitrogens with two attached hydrogens (primary N) is 1. The number of amides is 2. The van der Waals surface area contributed by atoms with Gasteiger partial charge < -0.3 is 15.8 Å². The summed E-state index contributed by atoms with van der Waals surface area (Å²) < 4.78 is 4.81. The van der Waals surface area contributed by atoms with Crippen molar-refractivity contribution >= 4 is 46.7 Å². The van der Waals surface area contributed by atoms with E-state index in [1.54, 1.807) is 43.3 Å². The maximum absolute atomic E-state index is 12.6. The minimum absolute atomic E-state index is 0.0243. The van der Waals surface area contributed by atoms with E-state index in [0.29, 0.717) is 22.8 Å². The zero-order valence-electron chi connectivity index (χ0n) is 20.6. The minimum Gasteiger partial charge on any atom is -0.466 e. The molecule has 38 heavy (non-hydrogen) atoms. The summed E-state index contributed by atoms with van der Waals surface area (Å²) in [5.74, 6) is -1.70. The molecule has 0 bridgehead atoms. The number of benzene rings is 3. The van der Waals surface area contributed by atoms with Crippen molar-refractivity contribution in [2.45, 2.75) is 19.3 Å². The van der Waals surface area contributed by atoms with E-state index in [0.717, 1.165) is 16.8 Å². The molecule has 3 aromatic carbocycles. The normalized spacial score (nSPS) is 15.1. The van der Waals surface area contributed by atoms with Gasteiger partial charge in [-0.05, 0) is 54.4 Å². The Hall–Kier alpha value is -4.50. The van der Waals surface area contributed by atoms with E-state index in [1.165, 1.54) is 5.01 Å². The lowest BCUT2D eigenvalue weighted by Crippen LogP contribution is -2.33. The van der Waals surface area contributed by atoms with Gasteiger partial charge in [0, 0.05) is 22.2 Å². The predicted octanol–water partition coefficient (Wildman–Crippen LogP) is 4.19. The van der Waals surface area contributed by atoms with Crippen LogP contribution in [-0.4, -0.2) is 47.6 Å². The highest BCUT2D eigenvalue weighted by molar-refractivity contribution is 6.30. The number of carbonyl (C=O) groups is 3. The lowest BCUT2D eigenvalue weighted by molar-refractivity contribution is -0.145. The van der Waals surface area contributed by atoms with Gasteiger partial charge in [0.15, 0.2) is 0 Å². The highest BCUT2D eigenvalue weighted by Gasteiger charge is 2.31. The van der Waals surface area contributed by atoms with Gasteiger partial charge in [-0.1, -0.05) is 54.1 Å². The largest absolute Gasteiger partial charge is 0.466 e. The van der Waals surface area contributed by atoms with Crippen molar-refractivity contribution in [3.63, 3.8) is 0 Å². The number of hydrogen-bond acceptors (Lipinski definition) is 5. The van der Waals surface area contributed by atoms with Crippen LogP contribution in [0.4, 0.5) is 5.69 Å². The average molecular weight is 532 g/mol. The third-order valence-electron chi connectivity index (χ3n) is 5.76. The number of halogens is 1. The number of esters is 1. The molecule has 3 N–H and O–H groups in total. The van der Waals surface area contributed by atoms with Crippen LogP contribution in [0.25, 0.3) is 0 Å². The van der Waals surface area contributed by atoms with Crippen molar-refractivity contribution in [3.8, 4) is 0 Å². The summed E-state index contributed by atoms with van der Waals surface area (Å²) in [7, 11) is 0. The van der Waals surface area contributed by atoms with Crippen LogP contribution in [0.1, 0.15) is 40.7 Å². The summed E-state index contributed by atoms with van der Waals surface area (Å²) in [4.78, 5) is 40.3. The number of rotatable bonds is 7. The zero-order valence-corrected chi connectivity index (χ0v) is 21.4. The first-order valence-electron chi connectivity index (χ1n) is 11.9. The van der Waals surface area contributed by atoms with Crippen LogP contribution in [0.15, 0.2) is 89.0 Å². The molecule has 1 heterocycles. The second kappa shape index (κ2) is 12.2. The number of nitrogens with zero attached hydrogens (tertiary/aromatic N) is 3. The Morgan fingerprint density at radius 1 is 1.05 bits per heavy atom. The highest BCUT2D eigenvalue weighted by atomic mass is 35.5. The van der Waals surface area contributed by atoms with E-state index in [-0.39, 0.29) is 24.9 Å². The van der Waals surface area contributed by atoms with Gasteiger partial charge in [-0.3, -0.25) is 14.4 Å². The number of anilines is 1. The number of guanidine groups is 1. The van der Waals surface area contributed by atoms with E-state index in [1.807, 2.05) is 42.5 Å². The predicted molar refractivity (Wildman–Crippen MR) is 146 cm³/mol. The van der Waals surface area contributed by atoms with Gasteiger partial charge in [-0.15, -0.1) is 0 Å². The molecule has 9 nitrogen and oxygen atoms in total. The zero-order chi connectivity index (χ0) is 27.1. The smallest absolute Gasteiger partial charge is 0.315 e. The molecule has 0 aliphatic carbocycles. The van der Waals surface area contributed by atoms with E-state index in [4.69, 9.17) is 27.2 Å². The molecule has 0 radical (unpaired) electrons. The lowest BCUT2D eigenvalue weighted by atomic mass is 9.90. The van der Waals surface area contributed by atoms with Crippen molar-refractivity contribution in [1.82, 2.24) is 5.01 Å². The molecule has 0 aromatic heterocycles. The molecule has 1 atom stereocenters. The Labute approximate surface area is 225 Å². The molecular formula is C28H26ClN5O4. The topological polar surface area (TPSA) is 126 Å². The number of ether oxygens (including phenoxy) is 1. The van der Waals surface area contributed by atoms with Gasteiger partial charge in [-0.25, -0.2) is 5.01 Å². The second-order valence-electron chi connectivity index (χ2n) is 8.42. The molecule has 1 unspecified atom stereocenters. The van der Waals surface area contributed by atoms with E-state index < -0.39 is 17.8 Å². The summed E-state index contributed by atoms with van der Waals surface area (Å²) in [6.07, 6.45) is -0.360. The van der Waals surface area contributed by atoms with Crippen molar-refractivity contribution in [2.24, 2.45) is 15.8 Å². The number of hydrogen-bond donors (Lipinski definition) is 2. The summed E-state index contributed by atoms with van der Waals surface area (Å²) in [5.41, 5.74) is 9.66. The Balaban J connectivity index is 1.55. The third-order valence-corrected chi connectivity index (χ3v) is 6.01. The SMILES string of the molecule is CCOC(=O)CC(=O)Nc1ccc(C2=NN(C(N)=NC(=O)c3ccc(Cl)cc3)CC2c2ccccc2)cc1. The fourth-order valence-electron chi connectivity index (χ4n) is 3.94. The van der Waals surface area contributed by atoms with Crippen molar-refractivity contribution in [2.75, 3.05) is 18.5 Å². The molecule has 0 saturated heterocycles. The van der Waals surface area contributed by atoms with E-state index in [9.17, 15) is 14.4 Å². The Morgan fingerprint density at radius 2 is 1.74 bits per heavy atom. The number of carbonyl (C=O) groups excluding carboxylic acids is 3. The molecular weight excluding hydrogens is 506 g/mol. The average Bonchev–Trinajstić information content (AvgIpc) is 3.36. The summed E-state index contributed by atoms with van der Waals surface area (Å²) in [6.45, 7) is 2.29. The molecule has 10 heteroatoms. The quantitative estimate of drug-likeness (QED) is 0.204. The number of hydrazone groups is 1. The minimum atomic E-state index is -0.582. The molecule has 0 saturated carbocycles. The Morgan fingerprint density at radius 3 is 2.39 bits per heavy atom. The van der Waals surface area contributed by atoms with Crippen molar-refractivity contribution < 1.29 is 19.1 Å². The fourth-order valence-corrected chi connectivity index (χ4v) is 4.07.